The molecule has 3 aliphatic carbocycles. The van der Waals surface area contributed by atoms with Gasteiger partial charge in [0.05, 0.1) is 6.10 Å². The summed E-state index contributed by atoms with van der Waals surface area (Å²) in [7, 11) is 0. The van der Waals surface area contributed by atoms with Crippen LogP contribution in [0.4, 0.5) is 0 Å². The van der Waals surface area contributed by atoms with Gasteiger partial charge in [-0.15, -0.1) is 6.58 Å². The summed E-state index contributed by atoms with van der Waals surface area (Å²) in [5.74, 6) is 1.24. The standard InChI is InChI=1S/C20H32O/c1-6-19(4)11-8-15-14(13-19)16(21)12-17-18(2,3)9-7-10-20(15,17)5/h6,13,15-17,21H,1,7-12H2,2-5H3/t15-,16+,17-,19-,20+/m0/s1. The molecule has 21 heavy (non-hydrogen) atoms. The largest absolute Gasteiger partial charge is 0.389 e. The van der Waals surface area contributed by atoms with Gasteiger partial charge in [-0.3, -0.25) is 0 Å². The van der Waals surface area contributed by atoms with Gasteiger partial charge in [-0.2, -0.15) is 0 Å². The van der Waals surface area contributed by atoms with E-state index in [-0.39, 0.29) is 11.5 Å². The van der Waals surface area contributed by atoms with Gasteiger partial charge in [0, 0.05) is 5.41 Å². The maximum Gasteiger partial charge on any atom is 0.0756 e. The van der Waals surface area contributed by atoms with Gasteiger partial charge in [-0.25, -0.2) is 0 Å². The number of aliphatic hydroxyl groups is 1. The first-order valence-electron chi connectivity index (χ1n) is 8.76. The fourth-order valence-corrected chi connectivity index (χ4v) is 5.91. The Hall–Kier alpha value is -0.560. The van der Waals surface area contributed by atoms with Crippen molar-refractivity contribution < 1.29 is 5.11 Å². The molecule has 0 amide bonds. The van der Waals surface area contributed by atoms with E-state index >= 15 is 0 Å². The smallest absolute Gasteiger partial charge is 0.0756 e. The predicted molar refractivity (Wildman–Crippen MR) is 89.0 cm³/mol. The Kier molecular flexibility index (Phi) is 3.44. The van der Waals surface area contributed by atoms with Crippen LogP contribution in [0.1, 0.15) is 66.2 Å². The molecule has 0 unspecified atom stereocenters. The van der Waals surface area contributed by atoms with Crippen LogP contribution in [0.2, 0.25) is 0 Å². The van der Waals surface area contributed by atoms with E-state index in [1.165, 1.54) is 37.7 Å². The Morgan fingerprint density at radius 2 is 1.90 bits per heavy atom. The molecule has 3 aliphatic rings. The molecule has 0 bridgehead atoms. The van der Waals surface area contributed by atoms with Crippen molar-refractivity contribution in [3.63, 3.8) is 0 Å². The molecule has 118 valence electrons. The summed E-state index contributed by atoms with van der Waals surface area (Å²) < 4.78 is 0. The highest BCUT2D eigenvalue weighted by atomic mass is 16.3. The molecule has 0 aromatic carbocycles. The molecule has 0 heterocycles. The van der Waals surface area contributed by atoms with Crippen LogP contribution in [0.15, 0.2) is 24.3 Å². The average Bonchev–Trinajstić information content (AvgIpc) is 2.41. The Bertz CT molecular complexity index is 474. The summed E-state index contributed by atoms with van der Waals surface area (Å²) in [5, 5.41) is 10.8. The number of rotatable bonds is 1. The van der Waals surface area contributed by atoms with Crippen molar-refractivity contribution in [3.8, 4) is 0 Å². The van der Waals surface area contributed by atoms with E-state index in [1.54, 1.807) is 0 Å². The first-order valence-corrected chi connectivity index (χ1v) is 8.76. The fourth-order valence-electron chi connectivity index (χ4n) is 5.91. The molecule has 0 radical (unpaired) electrons. The zero-order valence-corrected chi connectivity index (χ0v) is 14.3. The molecule has 2 fully saturated rings. The lowest BCUT2D eigenvalue weighted by Crippen LogP contribution is -2.54. The van der Waals surface area contributed by atoms with Crippen molar-refractivity contribution in [2.75, 3.05) is 0 Å². The van der Waals surface area contributed by atoms with Crippen molar-refractivity contribution in [2.45, 2.75) is 72.3 Å². The molecule has 5 atom stereocenters. The second-order valence-electron chi connectivity index (χ2n) is 9.10. The number of aliphatic hydroxyl groups excluding tert-OH is 1. The van der Waals surface area contributed by atoms with Gasteiger partial charge < -0.3 is 5.11 Å². The van der Waals surface area contributed by atoms with Crippen LogP contribution < -0.4 is 0 Å². The average molecular weight is 288 g/mol. The minimum atomic E-state index is -0.231. The zero-order valence-electron chi connectivity index (χ0n) is 14.3. The van der Waals surface area contributed by atoms with E-state index in [0.29, 0.717) is 22.7 Å². The van der Waals surface area contributed by atoms with Crippen LogP contribution in [0.5, 0.6) is 0 Å². The number of hydrogen-bond donors (Lipinski definition) is 1. The van der Waals surface area contributed by atoms with Gasteiger partial charge in [0.15, 0.2) is 0 Å². The second-order valence-corrected chi connectivity index (χ2v) is 9.10. The van der Waals surface area contributed by atoms with E-state index in [2.05, 4.69) is 46.4 Å². The normalized spacial score (nSPS) is 48.8. The molecule has 1 heteroatoms. The van der Waals surface area contributed by atoms with Crippen LogP contribution >= 0.6 is 0 Å². The van der Waals surface area contributed by atoms with E-state index < -0.39 is 0 Å². The van der Waals surface area contributed by atoms with E-state index in [1.807, 2.05) is 0 Å². The first kappa shape index (κ1) is 15.3. The van der Waals surface area contributed by atoms with Crippen molar-refractivity contribution in [3.05, 3.63) is 24.3 Å². The van der Waals surface area contributed by atoms with Gasteiger partial charge in [-0.05, 0) is 60.3 Å². The molecule has 1 nitrogen and oxygen atoms in total. The molecule has 0 aromatic rings. The van der Waals surface area contributed by atoms with E-state index in [9.17, 15) is 5.11 Å². The highest BCUT2D eigenvalue weighted by Gasteiger charge is 2.56. The van der Waals surface area contributed by atoms with Crippen molar-refractivity contribution in [1.29, 1.82) is 0 Å². The summed E-state index contributed by atoms with van der Waals surface area (Å²) in [6.07, 6.45) is 11.6. The Balaban J connectivity index is 2.03. The molecule has 0 aromatic heterocycles. The SMILES string of the molecule is C=C[C@]1(C)C=C2[C@H](O)C[C@H]3C(C)(C)CCC[C@]3(C)[C@H]2CC1. The van der Waals surface area contributed by atoms with Gasteiger partial charge in [0.2, 0.25) is 0 Å². The van der Waals surface area contributed by atoms with Crippen molar-refractivity contribution in [1.82, 2.24) is 0 Å². The Morgan fingerprint density at radius 1 is 1.19 bits per heavy atom. The highest BCUT2D eigenvalue weighted by molar-refractivity contribution is 5.29. The Labute approximate surface area is 130 Å². The molecule has 2 saturated carbocycles. The predicted octanol–water partition coefficient (Wildman–Crippen LogP) is 5.11. The highest BCUT2D eigenvalue weighted by Crippen LogP contribution is 2.63. The lowest BCUT2D eigenvalue weighted by atomic mass is 9.45. The van der Waals surface area contributed by atoms with Crippen LogP contribution in [0.3, 0.4) is 0 Å². The van der Waals surface area contributed by atoms with Crippen LogP contribution in [-0.4, -0.2) is 11.2 Å². The monoisotopic (exact) mass is 288 g/mol. The molecular formula is C20H32O. The summed E-state index contributed by atoms with van der Waals surface area (Å²) in [6, 6.07) is 0. The third kappa shape index (κ3) is 2.23. The summed E-state index contributed by atoms with van der Waals surface area (Å²) >= 11 is 0. The number of fused-ring (bicyclic) bond motifs is 3. The van der Waals surface area contributed by atoms with Gasteiger partial charge in [0.25, 0.3) is 0 Å². The third-order valence-electron chi connectivity index (χ3n) is 7.25. The van der Waals surface area contributed by atoms with Crippen LogP contribution in [0.25, 0.3) is 0 Å². The lowest BCUT2D eigenvalue weighted by molar-refractivity contribution is -0.0883. The van der Waals surface area contributed by atoms with Crippen LogP contribution in [-0.2, 0) is 0 Å². The first-order chi connectivity index (χ1) is 9.72. The summed E-state index contributed by atoms with van der Waals surface area (Å²) in [6.45, 7) is 13.6. The molecule has 0 aliphatic heterocycles. The molecule has 0 spiro atoms. The third-order valence-corrected chi connectivity index (χ3v) is 7.25. The van der Waals surface area contributed by atoms with Crippen molar-refractivity contribution >= 4 is 0 Å². The van der Waals surface area contributed by atoms with E-state index in [4.69, 9.17) is 0 Å². The topological polar surface area (TPSA) is 20.2 Å². The molecule has 3 rings (SSSR count). The van der Waals surface area contributed by atoms with Gasteiger partial charge in [-0.1, -0.05) is 46.3 Å². The number of hydrogen-bond acceptors (Lipinski definition) is 1. The van der Waals surface area contributed by atoms with Gasteiger partial charge in [0.1, 0.15) is 0 Å². The molecule has 0 saturated heterocycles. The van der Waals surface area contributed by atoms with Crippen LogP contribution in [0, 0.1) is 28.1 Å². The maximum absolute atomic E-state index is 10.8. The maximum atomic E-state index is 10.8. The minimum absolute atomic E-state index is 0.0835. The zero-order chi connectivity index (χ0) is 15.5. The molecule has 1 N–H and O–H groups in total. The lowest BCUT2D eigenvalue weighted by Gasteiger charge is -2.60. The van der Waals surface area contributed by atoms with Gasteiger partial charge >= 0.3 is 0 Å². The van der Waals surface area contributed by atoms with E-state index in [0.717, 1.165) is 6.42 Å². The fraction of sp³-hybridized carbons (Fsp3) is 0.800. The number of allylic oxidation sites excluding steroid dienone is 2. The summed E-state index contributed by atoms with van der Waals surface area (Å²) in [4.78, 5) is 0. The van der Waals surface area contributed by atoms with Crippen molar-refractivity contribution in [2.24, 2.45) is 28.1 Å². The Morgan fingerprint density at radius 3 is 2.57 bits per heavy atom. The minimum Gasteiger partial charge on any atom is -0.389 e. The second kappa shape index (κ2) is 4.72. The quantitative estimate of drug-likeness (QED) is 0.665. The summed E-state index contributed by atoms with van der Waals surface area (Å²) in [5.41, 5.74) is 2.17. The molecular weight excluding hydrogens is 256 g/mol.